The normalized spacial score (nSPS) is 22.1. The molecule has 2 aromatic rings. The molecule has 168 valence electrons. The summed E-state index contributed by atoms with van der Waals surface area (Å²) in [5, 5.41) is 0. The van der Waals surface area contributed by atoms with Crippen LogP contribution in [-0.2, 0) is 11.3 Å². The van der Waals surface area contributed by atoms with Crippen molar-refractivity contribution in [2.45, 2.75) is 25.9 Å². The van der Waals surface area contributed by atoms with Crippen LogP contribution >= 0.6 is 0 Å². The Morgan fingerprint density at radius 1 is 0.969 bits per heavy atom. The van der Waals surface area contributed by atoms with Gasteiger partial charge in [0.25, 0.3) is 17.7 Å². The Hall–Kier alpha value is -3.29. The number of carbonyl (C=O) groups is 3. The van der Waals surface area contributed by atoms with Crippen LogP contribution in [0.1, 0.15) is 39.6 Å². The molecule has 0 aliphatic carbocycles. The Balaban J connectivity index is 1.50. The van der Waals surface area contributed by atoms with Crippen LogP contribution in [0.2, 0.25) is 0 Å². The molecule has 2 aliphatic rings. The third-order valence-corrected chi connectivity index (χ3v) is 6.21. The van der Waals surface area contributed by atoms with Gasteiger partial charge in [0.05, 0.1) is 17.0 Å². The molecule has 2 unspecified atom stereocenters. The Kier molecular flexibility index (Phi) is 5.95. The zero-order valence-electron chi connectivity index (χ0n) is 17.7. The van der Waals surface area contributed by atoms with E-state index in [1.54, 1.807) is 31.2 Å². The Morgan fingerprint density at radius 2 is 1.53 bits per heavy atom. The van der Waals surface area contributed by atoms with E-state index in [1.807, 2.05) is 18.2 Å². The maximum Gasteiger partial charge on any atom is 0.410 e. The lowest BCUT2D eigenvalue weighted by molar-refractivity contribution is -0.149. The second kappa shape index (κ2) is 8.68. The summed E-state index contributed by atoms with van der Waals surface area (Å²) >= 11 is 0. The summed E-state index contributed by atoms with van der Waals surface area (Å²) in [6.07, 6.45) is -0.538. The fraction of sp³-hybridized carbons (Fsp3) is 0.375. The molecule has 2 aromatic carbocycles. The van der Waals surface area contributed by atoms with Gasteiger partial charge < -0.3 is 9.64 Å². The van der Waals surface area contributed by atoms with Crippen molar-refractivity contribution >= 4 is 17.9 Å². The minimum Gasteiger partial charge on any atom is -0.445 e. The van der Waals surface area contributed by atoms with E-state index < -0.39 is 42.2 Å². The van der Waals surface area contributed by atoms with Crippen LogP contribution in [0.5, 0.6) is 0 Å². The zero-order valence-corrected chi connectivity index (χ0v) is 17.7. The van der Waals surface area contributed by atoms with Gasteiger partial charge in [-0.2, -0.15) is 0 Å². The summed E-state index contributed by atoms with van der Waals surface area (Å²) in [6.45, 7) is 0.765. The number of hydrogen-bond acceptors (Lipinski definition) is 4. The first kappa shape index (κ1) is 21.9. The van der Waals surface area contributed by atoms with E-state index in [4.69, 9.17) is 4.74 Å². The van der Waals surface area contributed by atoms with Crippen LogP contribution in [0.3, 0.4) is 0 Å². The largest absolute Gasteiger partial charge is 0.445 e. The number of imide groups is 1. The molecule has 0 aromatic heterocycles. The van der Waals surface area contributed by atoms with Crippen molar-refractivity contribution in [2.75, 3.05) is 19.6 Å². The third kappa shape index (κ3) is 3.97. The van der Waals surface area contributed by atoms with Crippen LogP contribution in [-0.4, -0.2) is 53.3 Å². The summed E-state index contributed by atoms with van der Waals surface area (Å²) in [4.78, 5) is 40.1. The highest BCUT2D eigenvalue weighted by Crippen LogP contribution is 2.41. The monoisotopic (exact) mass is 442 g/mol. The highest BCUT2D eigenvalue weighted by molar-refractivity contribution is 6.21. The Labute approximate surface area is 184 Å². The van der Waals surface area contributed by atoms with Gasteiger partial charge in [-0.15, -0.1) is 0 Å². The molecule has 0 spiro atoms. The molecule has 0 N–H and O–H groups in total. The van der Waals surface area contributed by atoms with E-state index in [-0.39, 0.29) is 37.2 Å². The summed E-state index contributed by atoms with van der Waals surface area (Å²) in [6, 6.07) is 15.3. The number of nitrogens with zero attached hydrogens (tertiary/aromatic N) is 2. The number of halogens is 2. The SMILES string of the molecule is CCC1CN(C(=O)OCc2ccccc2)CC(CN2C(=O)c3ccccc3C2=O)C1(F)F. The molecule has 1 fully saturated rings. The van der Waals surface area contributed by atoms with Crippen molar-refractivity contribution in [1.82, 2.24) is 9.80 Å². The quantitative estimate of drug-likeness (QED) is 0.651. The van der Waals surface area contributed by atoms with Crippen molar-refractivity contribution in [2.24, 2.45) is 11.8 Å². The van der Waals surface area contributed by atoms with E-state index >= 15 is 8.78 Å². The fourth-order valence-corrected chi connectivity index (χ4v) is 4.35. The number of carbonyl (C=O) groups excluding carboxylic acids is 3. The van der Waals surface area contributed by atoms with E-state index in [2.05, 4.69) is 0 Å². The number of piperidine rings is 1. The van der Waals surface area contributed by atoms with Gasteiger partial charge in [0, 0.05) is 25.6 Å². The van der Waals surface area contributed by atoms with Gasteiger partial charge in [-0.25, -0.2) is 13.6 Å². The minimum atomic E-state index is -3.14. The molecule has 2 aliphatic heterocycles. The summed E-state index contributed by atoms with van der Waals surface area (Å²) in [5.41, 5.74) is 1.21. The number of likely N-dealkylation sites (tertiary alicyclic amines) is 1. The van der Waals surface area contributed by atoms with E-state index in [0.29, 0.717) is 0 Å². The zero-order chi connectivity index (χ0) is 22.9. The maximum absolute atomic E-state index is 15.2. The molecule has 2 atom stereocenters. The molecule has 4 rings (SSSR count). The lowest BCUT2D eigenvalue weighted by atomic mass is 9.83. The van der Waals surface area contributed by atoms with Gasteiger partial charge in [-0.05, 0) is 24.1 Å². The minimum absolute atomic E-state index is 0.0342. The van der Waals surface area contributed by atoms with Gasteiger partial charge in [0.1, 0.15) is 6.61 Å². The Morgan fingerprint density at radius 3 is 2.12 bits per heavy atom. The van der Waals surface area contributed by atoms with Crippen LogP contribution in [0, 0.1) is 11.8 Å². The van der Waals surface area contributed by atoms with E-state index in [1.165, 1.54) is 17.0 Å². The van der Waals surface area contributed by atoms with Crippen molar-refractivity contribution in [3.63, 3.8) is 0 Å². The summed E-state index contributed by atoms with van der Waals surface area (Å²) in [5.74, 6) is -6.79. The molecule has 2 heterocycles. The van der Waals surface area contributed by atoms with Crippen LogP contribution in [0.15, 0.2) is 54.6 Å². The smallest absolute Gasteiger partial charge is 0.410 e. The number of rotatable bonds is 5. The van der Waals surface area contributed by atoms with Gasteiger partial charge >= 0.3 is 6.09 Å². The molecular weight excluding hydrogens is 418 g/mol. The molecule has 6 nitrogen and oxygen atoms in total. The predicted molar refractivity (Wildman–Crippen MR) is 112 cm³/mol. The first-order valence-electron chi connectivity index (χ1n) is 10.6. The average molecular weight is 442 g/mol. The molecule has 0 bridgehead atoms. The van der Waals surface area contributed by atoms with Crippen molar-refractivity contribution in [3.05, 3.63) is 71.3 Å². The van der Waals surface area contributed by atoms with Gasteiger partial charge in [-0.1, -0.05) is 49.4 Å². The standard InChI is InChI=1S/C24H24F2N2O4/c1-2-17-12-27(23(31)32-15-16-8-4-3-5-9-16)13-18(24(17,25)26)14-28-21(29)19-10-6-7-11-20(19)22(28)30/h3-11,17-18H,2,12-15H2,1H3. The van der Waals surface area contributed by atoms with Crippen LogP contribution < -0.4 is 0 Å². The second-order valence-corrected chi connectivity index (χ2v) is 8.19. The lowest BCUT2D eigenvalue weighted by Gasteiger charge is -2.43. The number of fused-ring (bicyclic) bond motifs is 1. The molecule has 32 heavy (non-hydrogen) atoms. The molecule has 0 radical (unpaired) electrons. The van der Waals surface area contributed by atoms with Gasteiger partial charge in [0.15, 0.2) is 0 Å². The predicted octanol–water partition coefficient (Wildman–Crippen LogP) is 4.21. The van der Waals surface area contributed by atoms with Crippen molar-refractivity contribution < 1.29 is 27.9 Å². The topological polar surface area (TPSA) is 66.9 Å². The number of ether oxygens (including phenoxy) is 1. The fourth-order valence-electron chi connectivity index (χ4n) is 4.35. The second-order valence-electron chi connectivity index (χ2n) is 8.19. The maximum atomic E-state index is 15.2. The molecule has 3 amide bonds. The van der Waals surface area contributed by atoms with E-state index in [9.17, 15) is 14.4 Å². The van der Waals surface area contributed by atoms with Gasteiger partial charge in [0.2, 0.25) is 0 Å². The van der Waals surface area contributed by atoms with Crippen molar-refractivity contribution in [1.29, 1.82) is 0 Å². The average Bonchev–Trinajstić information content (AvgIpc) is 3.04. The number of hydrogen-bond donors (Lipinski definition) is 0. The summed E-state index contributed by atoms with van der Waals surface area (Å²) in [7, 11) is 0. The van der Waals surface area contributed by atoms with Crippen LogP contribution in [0.4, 0.5) is 13.6 Å². The van der Waals surface area contributed by atoms with Gasteiger partial charge in [-0.3, -0.25) is 14.5 Å². The third-order valence-electron chi connectivity index (χ3n) is 6.21. The number of amides is 3. The number of alkyl halides is 2. The molecular formula is C24H24F2N2O4. The molecule has 1 saturated heterocycles. The first-order chi connectivity index (χ1) is 15.3. The molecule has 8 heteroatoms. The highest BCUT2D eigenvalue weighted by atomic mass is 19.3. The summed E-state index contributed by atoms with van der Waals surface area (Å²) < 4.78 is 35.8. The van der Waals surface area contributed by atoms with E-state index in [0.717, 1.165) is 10.5 Å². The van der Waals surface area contributed by atoms with Crippen LogP contribution in [0.25, 0.3) is 0 Å². The Bertz CT molecular complexity index is 993. The van der Waals surface area contributed by atoms with Crippen molar-refractivity contribution in [3.8, 4) is 0 Å². The highest BCUT2D eigenvalue weighted by Gasteiger charge is 2.53. The lowest BCUT2D eigenvalue weighted by Crippen LogP contribution is -2.58. The number of benzene rings is 2. The molecule has 0 saturated carbocycles. The first-order valence-corrected chi connectivity index (χ1v) is 10.6.